The number of carbonyl (C=O) groups is 1. The van der Waals surface area contributed by atoms with Gasteiger partial charge in [0.2, 0.25) is 5.91 Å². The molecular weight excluding hydrogens is 723 g/mol. The lowest BCUT2D eigenvalue weighted by molar-refractivity contribution is -0.385. The zero-order valence-corrected chi connectivity index (χ0v) is 32.1. The molecule has 1 saturated carbocycles. The number of carbonyl (C=O) groups excluding carboxylic acids is 1. The van der Waals surface area contributed by atoms with Gasteiger partial charge in [-0.2, -0.15) is 5.10 Å². The maximum atomic E-state index is 15.7. The highest BCUT2D eigenvalue weighted by molar-refractivity contribution is 6.36. The van der Waals surface area contributed by atoms with E-state index in [4.69, 9.17) is 21.1 Å². The first-order valence-corrected chi connectivity index (χ1v) is 19.2. The van der Waals surface area contributed by atoms with Gasteiger partial charge in [-0.15, -0.1) is 0 Å². The second kappa shape index (κ2) is 16.8. The fourth-order valence-corrected chi connectivity index (χ4v) is 8.43. The van der Waals surface area contributed by atoms with E-state index in [0.717, 1.165) is 46.9 Å². The van der Waals surface area contributed by atoms with Gasteiger partial charge in [0.1, 0.15) is 17.3 Å². The van der Waals surface area contributed by atoms with Gasteiger partial charge in [0.25, 0.3) is 5.69 Å². The molecule has 2 heterocycles. The van der Waals surface area contributed by atoms with Gasteiger partial charge in [0.15, 0.2) is 0 Å². The fourth-order valence-electron chi connectivity index (χ4n) is 8.09. The average molecular weight is 769 g/mol. The van der Waals surface area contributed by atoms with Gasteiger partial charge < -0.3 is 20.1 Å². The van der Waals surface area contributed by atoms with Gasteiger partial charge in [-0.05, 0) is 61.7 Å². The van der Waals surface area contributed by atoms with Crippen molar-refractivity contribution >= 4 is 34.1 Å². The molecule has 55 heavy (non-hydrogen) atoms. The van der Waals surface area contributed by atoms with Crippen LogP contribution < -0.4 is 20.1 Å². The van der Waals surface area contributed by atoms with E-state index in [1.807, 2.05) is 36.4 Å². The number of nitro groups is 1. The lowest BCUT2D eigenvalue weighted by atomic mass is 9.94. The van der Waals surface area contributed by atoms with Crippen LogP contribution in [0.1, 0.15) is 61.6 Å². The monoisotopic (exact) mass is 768 g/mol. The quantitative estimate of drug-likeness (QED) is 0.0855. The number of amides is 1. The number of hydrogen-bond acceptors (Lipinski definition) is 8. The van der Waals surface area contributed by atoms with Crippen LogP contribution in [0.4, 0.5) is 10.1 Å². The number of fused-ring (bicyclic) bond motifs is 1. The van der Waals surface area contributed by atoms with E-state index in [0.29, 0.717) is 64.3 Å². The number of nitrogens with one attached hydrogen (secondary N) is 2. The fraction of sp³-hybridized carbons (Fsp3) is 0.381. The van der Waals surface area contributed by atoms with Gasteiger partial charge in [0, 0.05) is 71.8 Å². The summed E-state index contributed by atoms with van der Waals surface area (Å²) in [5.41, 5.74) is 5.19. The van der Waals surface area contributed by atoms with Crippen molar-refractivity contribution in [2.75, 3.05) is 27.8 Å². The smallest absolute Gasteiger partial charge is 0.275 e. The number of nitrogens with zero attached hydrogens (tertiary/aromatic N) is 4. The molecule has 1 amide bonds. The number of rotatable bonds is 14. The minimum atomic E-state index is -0.433. The summed E-state index contributed by atoms with van der Waals surface area (Å²) in [4.78, 5) is 25.9. The molecule has 0 radical (unpaired) electrons. The predicted octanol–water partition coefficient (Wildman–Crippen LogP) is 8.27. The molecule has 1 saturated heterocycles. The summed E-state index contributed by atoms with van der Waals surface area (Å²) in [6, 6.07) is 18.5. The average Bonchev–Trinajstić information content (AvgIpc) is 3.81. The normalized spacial score (nSPS) is 16.2. The number of aromatic nitrogens is 2. The van der Waals surface area contributed by atoms with Crippen LogP contribution in [0.25, 0.3) is 33.2 Å². The lowest BCUT2D eigenvalue weighted by Gasteiger charge is -2.31. The summed E-state index contributed by atoms with van der Waals surface area (Å²) in [7, 11) is 5.18. The second-order valence-electron chi connectivity index (χ2n) is 14.5. The van der Waals surface area contributed by atoms with Crippen LogP contribution >= 0.6 is 11.6 Å². The molecule has 0 bridgehead atoms. The third-order valence-electron chi connectivity index (χ3n) is 11.1. The Bertz CT molecular complexity index is 2220. The molecule has 1 unspecified atom stereocenters. The van der Waals surface area contributed by atoms with Crippen molar-refractivity contribution in [1.29, 1.82) is 0 Å². The van der Waals surface area contributed by atoms with Gasteiger partial charge in [0.05, 0.1) is 48.0 Å². The van der Waals surface area contributed by atoms with E-state index >= 15 is 4.39 Å². The van der Waals surface area contributed by atoms with Crippen molar-refractivity contribution < 1.29 is 23.6 Å². The van der Waals surface area contributed by atoms with Gasteiger partial charge >= 0.3 is 0 Å². The van der Waals surface area contributed by atoms with Gasteiger partial charge in [-0.25, -0.2) is 4.39 Å². The van der Waals surface area contributed by atoms with Crippen LogP contribution in [-0.4, -0.2) is 65.4 Å². The number of ether oxygens (including phenoxy) is 2. The molecule has 5 aromatic rings. The summed E-state index contributed by atoms with van der Waals surface area (Å²) in [6.07, 6.45) is 8.92. The van der Waals surface area contributed by atoms with E-state index in [1.54, 1.807) is 36.2 Å². The maximum Gasteiger partial charge on any atom is 0.275 e. The Morgan fingerprint density at radius 1 is 1.00 bits per heavy atom. The standard InChI is InChI=1S/C42H46ClFN6O5/c1-48(30-9-5-4-6-10-30)24-28-18-38(50(52)53)27(20-39(28)54-2)25-49-37-14-8-12-32(34(37)23-46-49)33-13-7-11-31(42(33)43)26-17-36(44)35(40(19-26)55-3)22-45-21-29-15-16-41(51)47-29/h7-8,11-14,17-20,23,29-30,45H,4-6,9-10,15-16,21-22,24-25H2,1-3H3,(H,47,51). The Hall–Kier alpha value is -5.04. The highest BCUT2D eigenvalue weighted by atomic mass is 35.5. The first kappa shape index (κ1) is 38.2. The second-order valence-corrected chi connectivity index (χ2v) is 14.9. The zero-order chi connectivity index (χ0) is 38.6. The first-order chi connectivity index (χ1) is 26.6. The molecular formula is C42H46ClFN6O5. The van der Waals surface area contributed by atoms with Crippen LogP contribution in [0.2, 0.25) is 5.02 Å². The molecule has 2 fully saturated rings. The maximum absolute atomic E-state index is 15.7. The molecule has 1 aliphatic heterocycles. The number of hydrogen-bond donors (Lipinski definition) is 2. The Balaban J connectivity index is 1.16. The molecule has 13 heteroatoms. The van der Waals surface area contributed by atoms with E-state index in [9.17, 15) is 14.9 Å². The zero-order valence-electron chi connectivity index (χ0n) is 31.4. The highest BCUT2D eigenvalue weighted by Gasteiger charge is 2.25. The van der Waals surface area contributed by atoms with E-state index in [1.165, 1.54) is 32.4 Å². The van der Waals surface area contributed by atoms with Crippen molar-refractivity contribution in [1.82, 2.24) is 25.3 Å². The molecule has 288 valence electrons. The van der Waals surface area contributed by atoms with Crippen molar-refractivity contribution in [3.63, 3.8) is 0 Å². The summed E-state index contributed by atoms with van der Waals surface area (Å²) in [5, 5.41) is 24.5. The summed E-state index contributed by atoms with van der Waals surface area (Å²) in [5.74, 6) is 0.598. The first-order valence-electron chi connectivity index (χ1n) is 18.8. The molecule has 1 aliphatic carbocycles. The Morgan fingerprint density at radius 3 is 2.47 bits per heavy atom. The third-order valence-corrected chi connectivity index (χ3v) is 11.5. The predicted molar refractivity (Wildman–Crippen MR) is 212 cm³/mol. The molecule has 0 spiro atoms. The minimum absolute atomic E-state index is 0.0233. The number of nitro benzene ring substituents is 1. The molecule has 2 N–H and O–H groups in total. The van der Waals surface area contributed by atoms with Crippen LogP contribution in [0.5, 0.6) is 11.5 Å². The van der Waals surface area contributed by atoms with Gasteiger partial charge in [-0.3, -0.25) is 24.5 Å². The summed E-state index contributed by atoms with van der Waals surface area (Å²) >= 11 is 7.13. The van der Waals surface area contributed by atoms with E-state index in [2.05, 4.69) is 27.7 Å². The van der Waals surface area contributed by atoms with Crippen LogP contribution in [0, 0.1) is 15.9 Å². The van der Waals surface area contributed by atoms with E-state index < -0.39 is 5.82 Å². The topological polar surface area (TPSA) is 124 Å². The number of methoxy groups -OCH3 is 2. The Labute approximate surface area is 324 Å². The van der Waals surface area contributed by atoms with Crippen LogP contribution in [0.3, 0.4) is 0 Å². The SMILES string of the molecule is COc1cc(Cn2ncc3c(-c4cccc(-c5cc(F)c(CNCC6CCC(=O)N6)c(OC)c5)c4Cl)cccc32)c([N+](=O)[O-])cc1CN(C)C1CCCCC1. The Morgan fingerprint density at radius 2 is 1.75 bits per heavy atom. The van der Waals surface area contributed by atoms with E-state index in [-0.39, 0.29) is 35.6 Å². The molecule has 1 atom stereocenters. The molecule has 11 nitrogen and oxygen atoms in total. The van der Waals surface area contributed by atoms with Crippen molar-refractivity contribution in [3.8, 4) is 33.8 Å². The molecule has 1 aromatic heterocycles. The summed E-state index contributed by atoms with van der Waals surface area (Å²) in [6.45, 7) is 1.48. The number of halogens is 2. The van der Waals surface area contributed by atoms with Crippen LogP contribution in [-0.2, 0) is 24.4 Å². The third kappa shape index (κ3) is 8.17. The highest BCUT2D eigenvalue weighted by Crippen LogP contribution is 2.41. The summed E-state index contributed by atoms with van der Waals surface area (Å²) < 4.78 is 28.8. The Kier molecular flexibility index (Phi) is 11.7. The molecule has 2 aliphatic rings. The number of benzene rings is 4. The largest absolute Gasteiger partial charge is 0.496 e. The van der Waals surface area contributed by atoms with Crippen LogP contribution in [0.15, 0.2) is 66.9 Å². The lowest BCUT2D eigenvalue weighted by Crippen LogP contribution is -2.35. The van der Waals surface area contributed by atoms with Crippen molar-refractivity contribution in [3.05, 3.63) is 105 Å². The molecule has 7 rings (SSSR count). The van der Waals surface area contributed by atoms with Gasteiger partial charge in [-0.1, -0.05) is 61.2 Å². The van der Waals surface area contributed by atoms with Crippen molar-refractivity contribution in [2.45, 2.75) is 76.7 Å². The van der Waals surface area contributed by atoms with Crippen molar-refractivity contribution in [2.24, 2.45) is 0 Å². The molecule has 4 aromatic carbocycles. The minimum Gasteiger partial charge on any atom is -0.496 e.